The largest absolute Gasteiger partial charge is 0.465 e. The summed E-state index contributed by atoms with van der Waals surface area (Å²) in [6.07, 6.45) is -0.526. The lowest BCUT2D eigenvalue weighted by Crippen LogP contribution is -2.51. The summed E-state index contributed by atoms with van der Waals surface area (Å²) in [5, 5.41) is 0. The van der Waals surface area contributed by atoms with Gasteiger partial charge in [0.15, 0.2) is 0 Å². The van der Waals surface area contributed by atoms with Gasteiger partial charge < -0.3 is 24.7 Å². The van der Waals surface area contributed by atoms with Crippen molar-refractivity contribution in [2.75, 3.05) is 25.2 Å². The smallest absolute Gasteiger partial charge is 0.340 e. The van der Waals surface area contributed by atoms with Crippen LogP contribution in [0.4, 0.5) is 5.69 Å². The molecule has 2 N–H and O–H groups in total. The van der Waals surface area contributed by atoms with Gasteiger partial charge in [-0.2, -0.15) is 0 Å². The highest BCUT2D eigenvalue weighted by Gasteiger charge is 2.64. The number of hydrogen-bond donors (Lipinski definition) is 1. The van der Waals surface area contributed by atoms with Crippen LogP contribution in [0.1, 0.15) is 33.3 Å². The van der Waals surface area contributed by atoms with E-state index in [0.717, 1.165) is 12.0 Å². The number of nitrogens with two attached hydrogens (primary N) is 1. The normalized spacial score (nSPS) is 19.6. The Labute approximate surface area is 190 Å². The molecule has 0 fully saturated rings. The Morgan fingerprint density at radius 2 is 1.82 bits per heavy atom. The van der Waals surface area contributed by atoms with Gasteiger partial charge in [0.2, 0.25) is 11.8 Å². The Balaban J connectivity index is 2.36. The van der Waals surface area contributed by atoms with Crippen molar-refractivity contribution < 1.29 is 38.1 Å². The number of anilines is 1. The van der Waals surface area contributed by atoms with Gasteiger partial charge in [-0.05, 0) is 33.8 Å². The Bertz CT molecular complexity index is 1090. The lowest BCUT2D eigenvalue weighted by atomic mass is 9.67. The van der Waals surface area contributed by atoms with Gasteiger partial charge in [-0.25, -0.2) is 9.59 Å². The number of para-hydroxylation sites is 1. The first kappa shape index (κ1) is 23.8. The fourth-order valence-corrected chi connectivity index (χ4v) is 4.20. The van der Waals surface area contributed by atoms with E-state index >= 15 is 0 Å². The molecular weight excluding hydrogens is 432 g/mol. The number of ether oxygens (including phenoxy) is 4. The van der Waals surface area contributed by atoms with Gasteiger partial charge in [-0.15, -0.1) is 0 Å². The number of amides is 1. The number of rotatable bonds is 6. The number of hydrogen-bond acceptors (Lipinski definition) is 9. The number of carbonyl (C=O) groups excluding carboxylic acids is 4. The second-order valence-corrected chi connectivity index (χ2v) is 7.68. The van der Waals surface area contributed by atoms with Crippen molar-refractivity contribution in [3.05, 3.63) is 52.6 Å². The number of benzene rings is 1. The fraction of sp³-hybridized carbons (Fsp3) is 0.391. The summed E-state index contributed by atoms with van der Waals surface area (Å²) in [5.41, 5.74) is 4.05. The van der Waals surface area contributed by atoms with Gasteiger partial charge in [-0.3, -0.25) is 14.5 Å². The predicted molar refractivity (Wildman–Crippen MR) is 115 cm³/mol. The maximum atomic E-state index is 14.1. The molecule has 1 aromatic carbocycles. The summed E-state index contributed by atoms with van der Waals surface area (Å²) in [5.74, 6) is -3.63. The minimum atomic E-state index is -2.03. The highest BCUT2D eigenvalue weighted by Crippen LogP contribution is 2.54. The van der Waals surface area contributed by atoms with Gasteiger partial charge in [0, 0.05) is 11.3 Å². The van der Waals surface area contributed by atoms with Crippen molar-refractivity contribution >= 4 is 29.5 Å². The van der Waals surface area contributed by atoms with Crippen molar-refractivity contribution in [2.24, 2.45) is 5.73 Å². The van der Waals surface area contributed by atoms with Crippen molar-refractivity contribution in [1.29, 1.82) is 0 Å². The number of allylic oxidation sites excluding steroid dienone is 1. The second kappa shape index (κ2) is 8.97. The molecule has 33 heavy (non-hydrogen) atoms. The Hall–Kier alpha value is -3.82. The van der Waals surface area contributed by atoms with Gasteiger partial charge in [-0.1, -0.05) is 18.2 Å². The lowest BCUT2D eigenvalue weighted by molar-refractivity contribution is -0.145. The summed E-state index contributed by atoms with van der Waals surface area (Å²) in [6.45, 7) is 6.06. The van der Waals surface area contributed by atoms with Crippen LogP contribution in [0, 0.1) is 0 Å². The topological polar surface area (TPSA) is 134 Å². The number of nitrogens with zero attached hydrogens (tertiary/aromatic N) is 1. The van der Waals surface area contributed by atoms with E-state index in [9.17, 15) is 19.2 Å². The average molecular weight is 458 g/mol. The summed E-state index contributed by atoms with van der Waals surface area (Å²) < 4.78 is 20.9. The first-order valence-electron chi connectivity index (χ1n) is 10.4. The SMILES string of the molecule is CCOC(=O)CN1C(=O)[C@]2(C(C(=O)OC(C)C)=C(C)OC(N)=C2C(=O)OC)c2ccccc21. The average Bonchev–Trinajstić information content (AvgIpc) is 2.96. The minimum Gasteiger partial charge on any atom is -0.465 e. The molecule has 0 saturated carbocycles. The third-order valence-corrected chi connectivity index (χ3v) is 5.31. The van der Waals surface area contributed by atoms with E-state index in [4.69, 9.17) is 24.7 Å². The maximum absolute atomic E-state index is 14.1. The Morgan fingerprint density at radius 3 is 2.42 bits per heavy atom. The van der Waals surface area contributed by atoms with E-state index in [1.165, 1.54) is 6.92 Å². The number of carbonyl (C=O) groups is 4. The fourth-order valence-electron chi connectivity index (χ4n) is 4.20. The summed E-state index contributed by atoms with van der Waals surface area (Å²) in [6, 6.07) is 6.48. The zero-order chi connectivity index (χ0) is 24.5. The Morgan fingerprint density at radius 1 is 1.15 bits per heavy atom. The van der Waals surface area contributed by atoms with Gasteiger partial charge in [0.25, 0.3) is 0 Å². The molecule has 10 nitrogen and oxygen atoms in total. The third kappa shape index (κ3) is 3.71. The van der Waals surface area contributed by atoms with Crippen LogP contribution in [0.25, 0.3) is 0 Å². The number of fused-ring (bicyclic) bond motifs is 2. The molecule has 0 aliphatic carbocycles. The highest BCUT2D eigenvalue weighted by molar-refractivity contribution is 6.23. The zero-order valence-electron chi connectivity index (χ0n) is 19.1. The number of esters is 3. The highest BCUT2D eigenvalue weighted by atomic mass is 16.6. The predicted octanol–water partition coefficient (Wildman–Crippen LogP) is 1.43. The van der Waals surface area contributed by atoms with E-state index in [2.05, 4.69) is 0 Å². The van der Waals surface area contributed by atoms with Gasteiger partial charge >= 0.3 is 17.9 Å². The first-order chi connectivity index (χ1) is 15.6. The number of methoxy groups -OCH3 is 1. The lowest BCUT2D eigenvalue weighted by Gasteiger charge is -2.36. The molecule has 1 spiro atoms. The molecular formula is C23H26N2O8. The van der Waals surface area contributed by atoms with E-state index in [1.54, 1.807) is 45.0 Å². The molecule has 176 valence electrons. The maximum Gasteiger partial charge on any atom is 0.340 e. The molecule has 2 aliphatic rings. The van der Waals surface area contributed by atoms with E-state index in [-0.39, 0.29) is 35.0 Å². The van der Waals surface area contributed by atoms with E-state index in [0.29, 0.717) is 5.69 Å². The summed E-state index contributed by atoms with van der Waals surface area (Å²) >= 11 is 0. The quantitative estimate of drug-likeness (QED) is 0.496. The second-order valence-electron chi connectivity index (χ2n) is 7.68. The first-order valence-corrected chi connectivity index (χ1v) is 10.4. The van der Waals surface area contributed by atoms with Crippen molar-refractivity contribution in [1.82, 2.24) is 0 Å². The standard InChI is InChI=1S/C23H26N2O8/c1-6-31-16(26)11-25-15-10-8-7-9-14(15)23(22(25)29)17(21(28)32-12(2)3)13(4)33-19(24)18(23)20(27)30-5/h7-10,12H,6,11,24H2,1-5H3/t23-/m0/s1. The molecule has 10 heteroatoms. The van der Waals surface area contributed by atoms with E-state index in [1.807, 2.05) is 0 Å². The zero-order valence-corrected chi connectivity index (χ0v) is 19.1. The molecule has 0 bridgehead atoms. The van der Waals surface area contributed by atoms with Crippen molar-refractivity contribution in [3.63, 3.8) is 0 Å². The minimum absolute atomic E-state index is 0.00746. The molecule has 2 heterocycles. The molecule has 0 aromatic heterocycles. The Kier molecular flexibility index (Phi) is 6.48. The molecule has 0 radical (unpaired) electrons. The summed E-state index contributed by atoms with van der Waals surface area (Å²) in [4.78, 5) is 53.8. The van der Waals surface area contributed by atoms with Crippen LogP contribution in [0.15, 0.2) is 47.1 Å². The monoisotopic (exact) mass is 458 g/mol. The molecule has 3 rings (SSSR count). The van der Waals surface area contributed by atoms with Crippen LogP contribution >= 0.6 is 0 Å². The van der Waals surface area contributed by atoms with Crippen molar-refractivity contribution in [3.8, 4) is 0 Å². The molecule has 1 atom stereocenters. The van der Waals surface area contributed by atoms with Crippen LogP contribution < -0.4 is 10.6 Å². The van der Waals surface area contributed by atoms with Gasteiger partial charge in [0.1, 0.15) is 28.9 Å². The molecule has 0 saturated heterocycles. The van der Waals surface area contributed by atoms with Crippen LogP contribution in [0.2, 0.25) is 0 Å². The van der Waals surface area contributed by atoms with Gasteiger partial charge in [0.05, 0.1) is 19.8 Å². The van der Waals surface area contributed by atoms with Crippen LogP contribution in [-0.2, 0) is 43.5 Å². The van der Waals surface area contributed by atoms with Crippen LogP contribution in [0.5, 0.6) is 0 Å². The molecule has 2 aliphatic heterocycles. The van der Waals surface area contributed by atoms with E-state index < -0.39 is 41.9 Å². The van der Waals surface area contributed by atoms with Crippen LogP contribution in [-0.4, -0.2) is 50.2 Å². The van der Waals surface area contributed by atoms with Crippen LogP contribution in [0.3, 0.4) is 0 Å². The molecule has 1 aromatic rings. The molecule has 1 amide bonds. The third-order valence-electron chi connectivity index (χ3n) is 5.31. The summed E-state index contributed by atoms with van der Waals surface area (Å²) in [7, 11) is 1.12. The molecule has 0 unspecified atom stereocenters. The van der Waals surface area contributed by atoms with Crippen molar-refractivity contribution in [2.45, 2.75) is 39.2 Å².